The highest BCUT2D eigenvalue weighted by atomic mass is 31.2. The van der Waals surface area contributed by atoms with Crippen LogP contribution in [0.5, 0.6) is 0 Å². The summed E-state index contributed by atoms with van der Waals surface area (Å²) in [5.74, 6) is 0. The topological polar surface area (TPSA) is 74.2 Å². The van der Waals surface area contributed by atoms with Crippen LogP contribution in [0.3, 0.4) is 0 Å². The molecule has 1 N–H and O–H groups in total. The Balaban J connectivity index is 4.98. The maximum Gasteiger partial charge on any atom is 0.361 e. The minimum absolute atomic E-state index is 0.184. The Labute approximate surface area is 160 Å². The van der Waals surface area contributed by atoms with Crippen LogP contribution in [0.2, 0.25) is 0 Å². The molecule has 0 aliphatic heterocycles. The molecule has 0 aromatic heterocycles. The predicted molar refractivity (Wildman–Crippen MR) is 106 cm³/mol. The molecule has 0 spiro atoms. The van der Waals surface area contributed by atoms with Crippen LogP contribution >= 0.6 is 7.60 Å². The van der Waals surface area contributed by atoms with Crippen LogP contribution in [0.15, 0.2) is 0 Å². The van der Waals surface area contributed by atoms with Crippen LogP contribution < -0.4 is 0 Å². The highest BCUT2D eigenvalue weighted by Gasteiger charge is 2.46. The van der Waals surface area contributed by atoms with Crippen LogP contribution in [-0.4, -0.2) is 48.6 Å². The Hall–Kier alpha value is 0.0300. The van der Waals surface area contributed by atoms with Gasteiger partial charge in [0.1, 0.15) is 0 Å². The van der Waals surface area contributed by atoms with E-state index >= 15 is 0 Å². The maximum absolute atomic E-state index is 12.7. The molecule has 7 heteroatoms. The second-order valence-electron chi connectivity index (χ2n) is 9.25. The van der Waals surface area contributed by atoms with Gasteiger partial charge in [-0.3, -0.25) is 4.57 Å². The third-order valence-electron chi connectivity index (χ3n) is 5.23. The molecule has 6 nitrogen and oxygen atoms in total. The van der Waals surface area contributed by atoms with Gasteiger partial charge in [-0.25, -0.2) is 0 Å². The fraction of sp³-hybridized carbons (Fsp3) is 1.00. The van der Waals surface area contributed by atoms with Gasteiger partial charge in [-0.1, -0.05) is 13.8 Å². The van der Waals surface area contributed by atoms with Gasteiger partial charge in [-0.15, -0.1) is 0 Å². The second kappa shape index (κ2) is 9.02. The molecule has 26 heavy (non-hydrogen) atoms. The van der Waals surface area contributed by atoms with E-state index in [1.54, 1.807) is 27.7 Å². The van der Waals surface area contributed by atoms with Gasteiger partial charge in [0.05, 0.1) is 23.9 Å². The van der Waals surface area contributed by atoms with Crippen LogP contribution in [0.1, 0.15) is 75.2 Å². The molecule has 0 amide bonds. The largest absolute Gasteiger partial charge is 0.390 e. The Kier molecular flexibility index (Phi) is 9.03. The van der Waals surface area contributed by atoms with Gasteiger partial charge in [0.15, 0.2) is 5.34 Å². The van der Waals surface area contributed by atoms with Crippen LogP contribution in [-0.2, 0) is 23.1 Å². The Morgan fingerprint density at radius 3 is 1.81 bits per heavy atom. The number of hydrogen-bond donors (Lipinski definition) is 1. The van der Waals surface area contributed by atoms with E-state index in [0.717, 1.165) is 0 Å². The summed E-state index contributed by atoms with van der Waals surface area (Å²) in [5.41, 5.74) is -1.39. The van der Waals surface area contributed by atoms with Gasteiger partial charge >= 0.3 is 7.60 Å². The lowest BCUT2D eigenvalue weighted by atomic mass is 9.73. The van der Waals surface area contributed by atoms with Crippen molar-refractivity contribution < 1.29 is 28.2 Å². The van der Waals surface area contributed by atoms with E-state index in [9.17, 15) is 9.67 Å². The van der Waals surface area contributed by atoms with E-state index in [1.165, 1.54) is 14.2 Å². The van der Waals surface area contributed by atoms with Gasteiger partial charge in [0.2, 0.25) is 0 Å². The zero-order valence-corrected chi connectivity index (χ0v) is 19.5. The fourth-order valence-electron chi connectivity index (χ4n) is 2.83. The first-order chi connectivity index (χ1) is 11.4. The summed E-state index contributed by atoms with van der Waals surface area (Å²) < 4.78 is 35.0. The van der Waals surface area contributed by atoms with Crippen molar-refractivity contribution in [1.29, 1.82) is 0 Å². The third-order valence-corrected chi connectivity index (χ3v) is 7.62. The molecule has 0 heterocycles. The summed E-state index contributed by atoms with van der Waals surface area (Å²) in [6.45, 7) is 17.7. The van der Waals surface area contributed by atoms with Crippen molar-refractivity contribution in [2.24, 2.45) is 5.41 Å². The average molecular weight is 397 g/mol. The summed E-state index contributed by atoms with van der Waals surface area (Å²) in [6.07, 6.45) is 1.08. The quantitative estimate of drug-likeness (QED) is 0.469. The summed E-state index contributed by atoms with van der Waals surface area (Å²) in [5, 5.41) is 8.81. The predicted octanol–water partition coefficient (Wildman–Crippen LogP) is 4.99. The van der Waals surface area contributed by atoms with Gasteiger partial charge in [-0.2, -0.15) is 0 Å². The molecule has 158 valence electrons. The van der Waals surface area contributed by atoms with Crippen molar-refractivity contribution in [3.05, 3.63) is 0 Å². The zero-order valence-electron chi connectivity index (χ0n) is 18.6. The second-order valence-corrected chi connectivity index (χ2v) is 12.0. The molecule has 1 atom stereocenters. The van der Waals surface area contributed by atoms with E-state index in [1.807, 2.05) is 20.8 Å². The first-order valence-corrected chi connectivity index (χ1v) is 10.7. The molecule has 0 aromatic carbocycles. The highest BCUT2D eigenvalue weighted by Crippen LogP contribution is 2.59. The van der Waals surface area contributed by atoms with Crippen LogP contribution in [0.4, 0.5) is 0 Å². The lowest BCUT2D eigenvalue weighted by Gasteiger charge is -2.44. The van der Waals surface area contributed by atoms with Crippen molar-refractivity contribution in [3.8, 4) is 0 Å². The zero-order chi connectivity index (χ0) is 21.0. The van der Waals surface area contributed by atoms with Gasteiger partial charge < -0.3 is 23.6 Å². The molecule has 1 unspecified atom stereocenters. The Bertz CT molecular complexity index is 471. The van der Waals surface area contributed by atoms with Crippen molar-refractivity contribution in [3.63, 3.8) is 0 Å². The SMILES string of the molecule is COP(=O)(OC)C(C)(C)OC(C)CC(C)(C)C(C)(C)OCCC(C)(C)O. The average Bonchev–Trinajstić information content (AvgIpc) is 2.42. The number of rotatable bonds is 12. The van der Waals surface area contributed by atoms with Crippen LogP contribution in [0, 0.1) is 5.41 Å². The minimum atomic E-state index is -3.36. The van der Waals surface area contributed by atoms with E-state index in [-0.39, 0.29) is 11.5 Å². The molecule has 0 saturated carbocycles. The normalized spacial score (nSPS) is 16.0. The molecule has 0 bridgehead atoms. The first-order valence-electron chi connectivity index (χ1n) is 9.19. The fourth-order valence-corrected chi connectivity index (χ4v) is 4.17. The van der Waals surface area contributed by atoms with Crippen molar-refractivity contribution >= 4 is 7.60 Å². The minimum Gasteiger partial charge on any atom is -0.390 e. The summed E-state index contributed by atoms with van der Waals surface area (Å²) in [7, 11) is -0.632. The summed E-state index contributed by atoms with van der Waals surface area (Å²) >= 11 is 0. The Morgan fingerprint density at radius 1 is 0.962 bits per heavy atom. The van der Waals surface area contributed by atoms with Gasteiger partial charge in [-0.05, 0) is 66.7 Å². The van der Waals surface area contributed by atoms with E-state index < -0.39 is 24.1 Å². The van der Waals surface area contributed by atoms with Gasteiger partial charge in [0.25, 0.3) is 0 Å². The standard InChI is InChI=1S/C19H41O6P/c1-15(25-19(8,9)26(21,22-10)23-11)14-16(2,3)18(6,7)24-13-12-17(4,5)20/h15,20H,12-14H2,1-11H3. The number of hydrogen-bond acceptors (Lipinski definition) is 6. The van der Waals surface area contributed by atoms with E-state index in [0.29, 0.717) is 19.4 Å². The van der Waals surface area contributed by atoms with Crippen molar-refractivity contribution in [2.75, 3.05) is 20.8 Å². The molecular weight excluding hydrogens is 355 g/mol. The lowest BCUT2D eigenvalue weighted by Crippen LogP contribution is -2.45. The number of aliphatic hydroxyl groups is 1. The molecule has 0 fully saturated rings. The van der Waals surface area contributed by atoms with Crippen molar-refractivity contribution in [2.45, 2.75) is 97.8 Å². The molecule has 0 aliphatic rings. The molecule has 0 radical (unpaired) electrons. The highest BCUT2D eigenvalue weighted by molar-refractivity contribution is 7.55. The molecule has 0 saturated heterocycles. The first kappa shape index (κ1) is 26.0. The number of ether oxygens (including phenoxy) is 2. The third kappa shape index (κ3) is 7.21. The van der Waals surface area contributed by atoms with E-state index in [2.05, 4.69) is 13.8 Å². The van der Waals surface area contributed by atoms with Crippen molar-refractivity contribution in [1.82, 2.24) is 0 Å². The maximum atomic E-state index is 12.7. The molecular formula is C19H41O6P. The van der Waals surface area contributed by atoms with Gasteiger partial charge in [0, 0.05) is 14.2 Å². The molecule has 0 aliphatic carbocycles. The Morgan fingerprint density at radius 2 is 1.42 bits per heavy atom. The summed E-state index contributed by atoms with van der Waals surface area (Å²) in [4.78, 5) is 0. The molecule has 0 aromatic rings. The van der Waals surface area contributed by atoms with E-state index in [4.69, 9.17) is 18.5 Å². The smallest absolute Gasteiger partial charge is 0.361 e. The summed E-state index contributed by atoms with van der Waals surface area (Å²) in [6, 6.07) is 0. The van der Waals surface area contributed by atoms with Crippen LogP contribution in [0.25, 0.3) is 0 Å². The molecule has 0 rings (SSSR count). The lowest BCUT2D eigenvalue weighted by molar-refractivity contribution is -0.133. The monoisotopic (exact) mass is 396 g/mol.